The molecule has 0 bridgehead atoms. The Morgan fingerprint density at radius 2 is 1.72 bits per heavy atom. The second-order valence-corrected chi connectivity index (χ2v) is 22.0. The number of fused-ring (bicyclic) bond motifs is 2. The van der Waals surface area contributed by atoms with Crippen molar-refractivity contribution in [1.29, 1.82) is 0 Å². The van der Waals surface area contributed by atoms with Gasteiger partial charge in [-0.05, 0) is 97.6 Å². The summed E-state index contributed by atoms with van der Waals surface area (Å²) in [5, 5.41) is 11.1. The van der Waals surface area contributed by atoms with E-state index in [1.807, 2.05) is 43.3 Å². The molecule has 2 saturated heterocycles. The number of nitrogens with one attached hydrogen (secondary N) is 3. The van der Waals surface area contributed by atoms with Gasteiger partial charge in [0.25, 0.3) is 0 Å². The molecule has 8 rings (SSSR count). The number of pyridine rings is 1. The van der Waals surface area contributed by atoms with Gasteiger partial charge in [-0.1, -0.05) is 37.3 Å². The van der Waals surface area contributed by atoms with E-state index in [4.69, 9.17) is 9.72 Å². The molecule has 0 saturated carbocycles. The number of piperazine rings is 1. The van der Waals surface area contributed by atoms with Crippen molar-refractivity contribution < 1.29 is 18.9 Å². The molecule has 3 N–H and O–H groups in total. The maximum absolute atomic E-state index is 13.8. The summed E-state index contributed by atoms with van der Waals surface area (Å²) in [5.74, 6) is 1.32. The van der Waals surface area contributed by atoms with Gasteiger partial charge in [-0.25, -0.2) is 9.78 Å². The molecular formula is C50H63BrN11O5P. The lowest BCUT2D eigenvalue weighted by molar-refractivity contribution is -0.124. The molecule has 360 valence electrons. The number of piperidine rings is 1. The van der Waals surface area contributed by atoms with Gasteiger partial charge < -0.3 is 39.8 Å². The topological polar surface area (TPSA) is 172 Å². The van der Waals surface area contributed by atoms with Crippen molar-refractivity contribution in [2.24, 2.45) is 0 Å². The van der Waals surface area contributed by atoms with Gasteiger partial charge in [0.05, 0.1) is 45.7 Å². The van der Waals surface area contributed by atoms with Crippen LogP contribution in [-0.4, -0.2) is 125 Å². The van der Waals surface area contributed by atoms with E-state index in [-0.39, 0.29) is 24.4 Å². The van der Waals surface area contributed by atoms with Crippen molar-refractivity contribution >= 4 is 91.3 Å². The molecule has 0 radical (unpaired) electrons. The number of ether oxygens (including phenoxy) is 1. The number of imidazole rings is 1. The lowest BCUT2D eigenvalue weighted by Gasteiger charge is -2.43. The molecule has 68 heavy (non-hydrogen) atoms. The Morgan fingerprint density at radius 1 is 0.956 bits per heavy atom. The number of para-hydroxylation sites is 2. The maximum Gasteiger partial charge on any atom is 0.329 e. The standard InChI is InChI=1S/C50H63BrN11O5P/c1-7-33-29-39(56-49-54-31-37(51)47(57-49)55-40-32-53-38-15-10-9-14-36(38)46(40)68(5,6)66)44(67-4)30-43(33)60-22-19-35(20-23-60)59-26-24-58(25-27-59)21-18-34-13-11-16-41-45(34)61(8-2)50(65)62(41)42(17-12-28-63)48(64)52-3/h9-11,13-16,28-32,35,42H,7-8,12,17-27H2,1-6H3,(H,52,64)(H2,54,55,56,57). The number of carbonyl (C=O) groups is 2. The predicted molar refractivity (Wildman–Crippen MR) is 277 cm³/mol. The Morgan fingerprint density at radius 3 is 2.41 bits per heavy atom. The highest BCUT2D eigenvalue weighted by Gasteiger charge is 2.30. The number of aryl methyl sites for hydroxylation is 2. The molecule has 0 aliphatic carbocycles. The van der Waals surface area contributed by atoms with Gasteiger partial charge in [-0.3, -0.25) is 23.8 Å². The molecule has 18 heteroatoms. The van der Waals surface area contributed by atoms with Crippen LogP contribution in [0.1, 0.15) is 56.7 Å². The van der Waals surface area contributed by atoms with Gasteiger partial charge in [0.15, 0.2) is 0 Å². The van der Waals surface area contributed by atoms with Crippen LogP contribution in [0.5, 0.6) is 5.75 Å². The SMILES string of the molecule is CCc1cc(Nc2ncc(Br)c(Nc3cnc4ccccc4c3P(C)(C)=O)n2)c(OC)cc1N1CCC(N2CCN(CCc3cccc4c3n(CC)c(=O)n4C(CCC=O)C(=O)NC)CC2)CC1. The van der Waals surface area contributed by atoms with E-state index in [0.29, 0.717) is 40.3 Å². The van der Waals surface area contributed by atoms with Crippen LogP contribution >= 0.6 is 23.1 Å². The van der Waals surface area contributed by atoms with Crippen molar-refractivity contribution in [2.75, 3.05) is 88.8 Å². The summed E-state index contributed by atoms with van der Waals surface area (Å²) in [6.07, 6.45) is 8.44. The molecule has 3 aromatic heterocycles. The molecule has 2 aliphatic rings. The first kappa shape index (κ1) is 48.8. The van der Waals surface area contributed by atoms with Gasteiger partial charge in [0.1, 0.15) is 31.0 Å². The van der Waals surface area contributed by atoms with Crippen LogP contribution in [0.25, 0.3) is 21.9 Å². The summed E-state index contributed by atoms with van der Waals surface area (Å²) in [4.78, 5) is 59.7. The Labute approximate surface area is 406 Å². The number of hydrogen-bond acceptors (Lipinski definition) is 13. The fraction of sp³-hybridized carbons (Fsp3) is 0.440. The minimum atomic E-state index is -2.72. The average molecular weight is 1010 g/mol. The Bertz CT molecular complexity index is 2900. The molecule has 1 amide bonds. The monoisotopic (exact) mass is 1010 g/mol. The summed E-state index contributed by atoms with van der Waals surface area (Å²) >= 11 is 3.61. The van der Waals surface area contributed by atoms with E-state index in [9.17, 15) is 18.9 Å². The smallest absolute Gasteiger partial charge is 0.329 e. The number of halogens is 1. The fourth-order valence-corrected chi connectivity index (χ4v) is 11.9. The first-order chi connectivity index (χ1) is 32.9. The van der Waals surface area contributed by atoms with Crippen molar-refractivity contribution in [3.05, 3.63) is 93.1 Å². The Kier molecular flexibility index (Phi) is 15.3. The van der Waals surface area contributed by atoms with Gasteiger partial charge in [0, 0.05) is 101 Å². The van der Waals surface area contributed by atoms with Crippen molar-refractivity contribution in [3.63, 3.8) is 0 Å². The lowest BCUT2D eigenvalue weighted by Crippen LogP contribution is -2.53. The number of aldehydes is 1. The minimum absolute atomic E-state index is 0.195. The van der Waals surface area contributed by atoms with E-state index in [1.54, 1.807) is 49.0 Å². The van der Waals surface area contributed by atoms with E-state index in [2.05, 4.69) is 81.7 Å². The predicted octanol–water partition coefficient (Wildman–Crippen LogP) is 7.33. The summed E-state index contributed by atoms with van der Waals surface area (Å²) in [6, 6.07) is 17.7. The number of aromatic nitrogens is 5. The van der Waals surface area contributed by atoms with Crippen LogP contribution < -0.4 is 36.6 Å². The fourth-order valence-electron chi connectivity index (χ4n) is 10.1. The van der Waals surface area contributed by atoms with Crippen LogP contribution in [-0.2, 0) is 33.5 Å². The maximum atomic E-state index is 13.8. The van der Waals surface area contributed by atoms with Gasteiger partial charge in [-0.15, -0.1) is 0 Å². The Balaban J connectivity index is 0.891. The molecule has 2 fully saturated rings. The zero-order valence-electron chi connectivity index (χ0n) is 39.9. The number of likely N-dealkylation sites (N-methyl/N-ethyl adjacent to an activating group) is 1. The number of amides is 1. The van der Waals surface area contributed by atoms with Crippen LogP contribution in [0.4, 0.5) is 28.8 Å². The van der Waals surface area contributed by atoms with Crippen molar-refractivity contribution in [1.82, 2.24) is 39.2 Å². The second kappa shape index (κ2) is 21.4. The lowest BCUT2D eigenvalue weighted by atomic mass is 9.99. The number of hydrogen-bond donors (Lipinski definition) is 3. The number of rotatable bonds is 18. The van der Waals surface area contributed by atoms with Gasteiger partial charge in [-0.2, -0.15) is 4.98 Å². The second-order valence-electron chi connectivity index (χ2n) is 18.0. The average Bonchev–Trinajstić information content (AvgIpc) is 3.64. The Hall–Kier alpha value is -5.61. The first-order valence-corrected chi connectivity index (χ1v) is 27.1. The van der Waals surface area contributed by atoms with E-state index in [1.165, 1.54) is 11.3 Å². The molecule has 6 aromatic rings. The summed E-state index contributed by atoms with van der Waals surface area (Å²) in [7, 11) is 0.525. The van der Waals surface area contributed by atoms with Crippen LogP contribution in [0, 0.1) is 0 Å². The molecule has 16 nitrogen and oxygen atoms in total. The molecular weight excluding hydrogens is 945 g/mol. The van der Waals surface area contributed by atoms with E-state index in [0.717, 1.165) is 116 Å². The highest BCUT2D eigenvalue weighted by molar-refractivity contribution is 9.10. The molecule has 2 aliphatic heterocycles. The summed E-state index contributed by atoms with van der Waals surface area (Å²) in [6.45, 7) is 14.9. The van der Waals surface area contributed by atoms with Crippen LogP contribution in [0.3, 0.4) is 0 Å². The van der Waals surface area contributed by atoms with Gasteiger partial charge in [0.2, 0.25) is 11.9 Å². The third-order valence-corrected chi connectivity index (χ3v) is 15.7. The van der Waals surface area contributed by atoms with Crippen molar-refractivity contribution in [2.45, 2.75) is 71.0 Å². The summed E-state index contributed by atoms with van der Waals surface area (Å²) < 4.78 is 23.6. The number of benzene rings is 3. The molecule has 1 atom stereocenters. The number of methoxy groups -OCH3 is 1. The number of nitrogens with zero attached hydrogens (tertiary/aromatic N) is 8. The highest BCUT2D eigenvalue weighted by Crippen LogP contribution is 2.42. The molecule has 3 aromatic carbocycles. The van der Waals surface area contributed by atoms with Crippen LogP contribution in [0.15, 0.2) is 76.3 Å². The number of anilines is 5. The van der Waals surface area contributed by atoms with E-state index < -0.39 is 13.2 Å². The zero-order chi connectivity index (χ0) is 48.1. The van der Waals surface area contributed by atoms with E-state index >= 15 is 0 Å². The highest BCUT2D eigenvalue weighted by atomic mass is 79.9. The largest absolute Gasteiger partial charge is 0.494 e. The summed E-state index contributed by atoms with van der Waals surface area (Å²) in [5.41, 5.74) is 7.05. The van der Waals surface area contributed by atoms with Crippen molar-refractivity contribution in [3.8, 4) is 5.75 Å². The van der Waals surface area contributed by atoms with Gasteiger partial charge >= 0.3 is 5.69 Å². The quantitative estimate of drug-likeness (QED) is 0.0579. The normalized spacial score (nSPS) is 15.7. The molecule has 5 heterocycles. The third kappa shape index (κ3) is 10.2. The zero-order valence-corrected chi connectivity index (χ0v) is 42.4. The third-order valence-electron chi connectivity index (χ3n) is 13.5. The van der Waals surface area contributed by atoms with Crippen LogP contribution in [0.2, 0.25) is 0 Å². The minimum Gasteiger partial charge on any atom is -0.494 e. The number of carbonyl (C=O) groups excluding carboxylic acids is 2. The molecule has 1 unspecified atom stereocenters. The first-order valence-electron chi connectivity index (χ1n) is 23.7. The molecule has 0 spiro atoms.